The van der Waals surface area contributed by atoms with Crippen LogP contribution in [0.4, 0.5) is 4.79 Å². The topological polar surface area (TPSA) is 104 Å². The molecule has 0 aromatic carbocycles. The molecule has 0 radical (unpaired) electrons. The van der Waals surface area contributed by atoms with Crippen molar-refractivity contribution >= 4 is 23.8 Å². The number of hydrogen-bond acceptors (Lipinski definition) is 5. The number of aliphatic carboxylic acids is 1. The third-order valence-corrected chi connectivity index (χ3v) is 3.46. The lowest BCUT2D eigenvalue weighted by Gasteiger charge is -2.14. The molecule has 0 aliphatic carbocycles. The third kappa shape index (κ3) is 4.76. The number of amides is 2. The Morgan fingerprint density at radius 2 is 2.15 bits per heavy atom. The smallest absolute Gasteiger partial charge is 0.326 e. The molecule has 0 bridgehead atoms. The van der Waals surface area contributed by atoms with Crippen molar-refractivity contribution in [2.45, 2.75) is 32.9 Å². The second-order valence-electron chi connectivity index (χ2n) is 4.30. The Bertz CT molecular complexity index is 456. The van der Waals surface area contributed by atoms with E-state index in [0.717, 1.165) is 5.56 Å². The zero-order chi connectivity index (χ0) is 15.1. The number of rotatable bonds is 7. The number of nitrogens with zero attached hydrogens (tertiary/aromatic N) is 1. The molecule has 1 aromatic heterocycles. The van der Waals surface area contributed by atoms with Gasteiger partial charge in [0.1, 0.15) is 11.8 Å². The maximum absolute atomic E-state index is 11.7. The van der Waals surface area contributed by atoms with E-state index in [1.807, 2.05) is 6.26 Å². The first kappa shape index (κ1) is 16.4. The lowest BCUT2D eigenvalue weighted by Crippen LogP contribution is -2.46. The van der Waals surface area contributed by atoms with E-state index in [9.17, 15) is 9.59 Å². The Balaban J connectivity index is 2.48. The molecule has 0 saturated carbocycles. The number of hydrogen-bond donors (Lipinski definition) is 3. The maximum atomic E-state index is 11.7. The van der Waals surface area contributed by atoms with Crippen molar-refractivity contribution in [2.75, 3.05) is 12.0 Å². The Labute approximate surface area is 121 Å². The van der Waals surface area contributed by atoms with Gasteiger partial charge in [-0.15, -0.1) is 0 Å². The van der Waals surface area contributed by atoms with E-state index in [2.05, 4.69) is 15.8 Å². The number of carboxylic acid groups (broad SMARTS) is 1. The SMILES string of the molecule is CSCC[C@H](NC(=O)NCc1c(C)noc1C)C(=O)O. The number of aryl methyl sites for hydroxylation is 2. The highest BCUT2D eigenvalue weighted by molar-refractivity contribution is 7.98. The molecule has 8 heteroatoms. The van der Waals surface area contributed by atoms with Gasteiger partial charge in [-0.25, -0.2) is 9.59 Å². The summed E-state index contributed by atoms with van der Waals surface area (Å²) < 4.78 is 4.98. The van der Waals surface area contributed by atoms with E-state index in [1.165, 1.54) is 11.8 Å². The molecule has 0 aliphatic rings. The first-order chi connectivity index (χ1) is 9.45. The molecule has 7 nitrogen and oxygen atoms in total. The Hall–Kier alpha value is -1.70. The van der Waals surface area contributed by atoms with Crippen molar-refractivity contribution in [1.82, 2.24) is 15.8 Å². The molecule has 0 fully saturated rings. The molecule has 1 rings (SSSR count). The van der Waals surface area contributed by atoms with Crippen molar-refractivity contribution in [3.63, 3.8) is 0 Å². The van der Waals surface area contributed by atoms with E-state index >= 15 is 0 Å². The summed E-state index contributed by atoms with van der Waals surface area (Å²) in [6.07, 6.45) is 2.27. The van der Waals surface area contributed by atoms with Gasteiger partial charge in [-0.3, -0.25) is 0 Å². The molecule has 0 aliphatic heterocycles. The normalized spacial score (nSPS) is 11.9. The largest absolute Gasteiger partial charge is 0.480 e. The number of urea groups is 1. The van der Waals surface area contributed by atoms with Crippen LogP contribution in [0.15, 0.2) is 4.52 Å². The highest BCUT2D eigenvalue weighted by Gasteiger charge is 2.19. The van der Waals surface area contributed by atoms with Crippen LogP contribution in [-0.4, -0.2) is 40.3 Å². The number of carboxylic acids is 1. The van der Waals surface area contributed by atoms with E-state index < -0.39 is 18.0 Å². The van der Waals surface area contributed by atoms with Gasteiger partial charge in [0.25, 0.3) is 0 Å². The summed E-state index contributed by atoms with van der Waals surface area (Å²) in [5.41, 5.74) is 1.51. The van der Waals surface area contributed by atoms with Gasteiger partial charge in [0.05, 0.1) is 5.69 Å². The van der Waals surface area contributed by atoms with Crippen LogP contribution in [0.25, 0.3) is 0 Å². The highest BCUT2D eigenvalue weighted by Crippen LogP contribution is 2.11. The fourth-order valence-electron chi connectivity index (χ4n) is 1.63. The summed E-state index contributed by atoms with van der Waals surface area (Å²) in [5.74, 6) is 0.271. The van der Waals surface area contributed by atoms with E-state index in [-0.39, 0.29) is 6.54 Å². The monoisotopic (exact) mass is 301 g/mol. The summed E-state index contributed by atoms with van der Waals surface area (Å²) in [5, 5.41) is 17.8. The Morgan fingerprint density at radius 1 is 1.45 bits per heavy atom. The number of thioether (sulfide) groups is 1. The molecule has 0 unspecified atom stereocenters. The predicted octanol–water partition coefficient (Wildman–Crippen LogP) is 1.30. The van der Waals surface area contributed by atoms with Crippen LogP contribution in [0.5, 0.6) is 0 Å². The first-order valence-electron chi connectivity index (χ1n) is 6.13. The molecule has 2 amide bonds. The van der Waals surface area contributed by atoms with Crippen molar-refractivity contribution in [1.29, 1.82) is 0 Å². The van der Waals surface area contributed by atoms with Crippen molar-refractivity contribution in [3.8, 4) is 0 Å². The maximum Gasteiger partial charge on any atom is 0.326 e. The zero-order valence-corrected chi connectivity index (χ0v) is 12.5. The minimum absolute atomic E-state index is 0.252. The van der Waals surface area contributed by atoms with Crippen LogP contribution < -0.4 is 10.6 Å². The minimum atomic E-state index is -1.04. The molecule has 1 aromatic rings. The van der Waals surface area contributed by atoms with Crippen molar-refractivity contribution < 1.29 is 19.2 Å². The summed E-state index contributed by atoms with van der Waals surface area (Å²) in [6, 6.07) is -1.40. The number of nitrogens with one attached hydrogen (secondary N) is 2. The summed E-state index contributed by atoms with van der Waals surface area (Å²) in [7, 11) is 0. The van der Waals surface area contributed by atoms with Crippen molar-refractivity contribution in [3.05, 3.63) is 17.0 Å². The van der Waals surface area contributed by atoms with Gasteiger partial charge in [0.15, 0.2) is 0 Å². The van der Waals surface area contributed by atoms with Crippen LogP contribution >= 0.6 is 11.8 Å². The lowest BCUT2D eigenvalue weighted by molar-refractivity contribution is -0.139. The van der Waals surface area contributed by atoms with Crippen molar-refractivity contribution in [2.24, 2.45) is 0 Å². The van der Waals surface area contributed by atoms with E-state index in [4.69, 9.17) is 9.63 Å². The second-order valence-corrected chi connectivity index (χ2v) is 5.29. The summed E-state index contributed by atoms with van der Waals surface area (Å²) >= 11 is 1.53. The molecule has 0 saturated heterocycles. The fraction of sp³-hybridized carbons (Fsp3) is 0.583. The Morgan fingerprint density at radius 3 is 2.65 bits per heavy atom. The number of carbonyl (C=O) groups excluding carboxylic acids is 1. The zero-order valence-electron chi connectivity index (χ0n) is 11.7. The molecule has 112 valence electrons. The Kier molecular flexibility index (Phi) is 6.37. The number of carbonyl (C=O) groups is 2. The third-order valence-electron chi connectivity index (χ3n) is 2.82. The van der Waals surface area contributed by atoms with Gasteiger partial charge in [-0.05, 0) is 32.3 Å². The summed E-state index contributed by atoms with van der Waals surface area (Å²) in [4.78, 5) is 22.7. The molecule has 1 atom stereocenters. The average molecular weight is 301 g/mol. The fourth-order valence-corrected chi connectivity index (χ4v) is 2.10. The quantitative estimate of drug-likeness (QED) is 0.701. The van der Waals surface area contributed by atoms with Gasteiger partial charge < -0.3 is 20.3 Å². The molecule has 1 heterocycles. The summed E-state index contributed by atoms with van der Waals surface area (Å²) in [6.45, 7) is 3.79. The highest BCUT2D eigenvalue weighted by atomic mass is 32.2. The average Bonchev–Trinajstić information content (AvgIpc) is 2.71. The van der Waals surface area contributed by atoms with E-state index in [1.54, 1.807) is 13.8 Å². The standard InChI is InChI=1S/C12H19N3O4S/c1-7-9(8(2)19-15-7)6-13-12(18)14-10(11(16)17)4-5-20-3/h10H,4-6H2,1-3H3,(H,16,17)(H2,13,14,18)/t10-/m0/s1. The molecule has 3 N–H and O–H groups in total. The van der Waals surface area contributed by atoms with E-state index in [0.29, 0.717) is 23.6 Å². The minimum Gasteiger partial charge on any atom is -0.480 e. The second kappa shape index (κ2) is 7.78. The van der Waals surface area contributed by atoms with Crippen LogP contribution in [-0.2, 0) is 11.3 Å². The van der Waals surface area contributed by atoms with Gasteiger partial charge in [-0.1, -0.05) is 5.16 Å². The molecule has 0 spiro atoms. The molecule has 20 heavy (non-hydrogen) atoms. The van der Waals surface area contributed by atoms with Crippen LogP contribution in [0.1, 0.15) is 23.4 Å². The predicted molar refractivity (Wildman–Crippen MR) is 75.8 cm³/mol. The van der Waals surface area contributed by atoms with Gasteiger partial charge >= 0.3 is 12.0 Å². The van der Waals surface area contributed by atoms with Crippen LogP contribution in [0, 0.1) is 13.8 Å². The van der Waals surface area contributed by atoms with Gasteiger partial charge in [0.2, 0.25) is 0 Å². The number of aromatic nitrogens is 1. The lowest BCUT2D eigenvalue weighted by atomic mass is 10.2. The molecular weight excluding hydrogens is 282 g/mol. The van der Waals surface area contributed by atoms with Gasteiger partial charge in [0, 0.05) is 12.1 Å². The van der Waals surface area contributed by atoms with Gasteiger partial charge in [-0.2, -0.15) is 11.8 Å². The van der Waals surface area contributed by atoms with Crippen LogP contribution in [0.3, 0.4) is 0 Å². The first-order valence-corrected chi connectivity index (χ1v) is 7.53. The molecular formula is C12H19N3O4S. The van der Waals surface area contributed by atoms with Crippen LogP contribution in [0.2, 0.25) is 0 Å².